The molecule has 138 valence electrons. The molecule has 7 nitrogen and oxygen atoms in total. The summed E-state index contributed by atoms with van der Waals surface area (Å²) in [5.41, 5.74) is -0.456. The van der Waals surface area contributed by atoms with Gasteiger partial charge in [0.1, 0.15) is 5.60 Å². The van der Waals surface area contributed by atoms with Crippen LogP contribution in [0.3, 0.4) is 0 Å². The van der Waals surface area contributed by atoms with Crippen molar-refractivity contribution in [3.05, 3.63) is 11.2 Å². The van der Waals surface area contributed by atoms with Crippen molar-refractivity contribution in [2.75, 3.05) is 25.5 Å². The van der Waals surface area contributed by atoms with Crippen LogP contribution in [0.1, 0.15) is 33.6 Å². The number of carbonyl (C=O) groups excluding carboxylic acids is 1. The van der Waals surface area contributed by atoms with E-state index in [2.05, 4.69) is 15.5 Å². The molecule has 1 N–H and O–H groups in total. The zero-order valence-electron chi connectivity index (χ0n) is 15.1. The van der Waals surface area contributed by atoms with Crippen molar-refractivity contribution in [2.24, 2.45) is 11.8 Å². The third-order valence-corrected chi connectivity index (χ3v) is 4.88. The summed E-state index contributed by atoms with van der Waals surface area (Å²) < 4.78 is 10.8. The van der Waals surface area contributed by atoms with E-state index in [1.165, 1.54) is 0 Å². The van der Waals surface area contributed by atoms with Gasteiger partial charge in [0.15, 0.2) is 16.7 Å². The average Bonchev–Trinajstić information content (AvgIpc) is 3.05. The van der Waals surface area contributed by atoms with E-state index in [0.717, 1.165) is 25.9 Å². The number of nitrogens with zero attached hydrogens (tertiary/aromatic N) is 3. The van der Waals surface area contributed by atoms with Gasteiger partial charge in [0, 0.05) is 25.2 Å². The molecule has 1 amide bonds. The highest BCUT2D eigenvalue weighted by molar-refractivity contribution is 6.29. The lowest BCUT2D eigenvalue weighted by molar-refractivity contribution is 0.0280. The number of amides is 1. The van der Waals surface area contributed by atoms with Crippen LogP contribution >= 0.6 is 11.6 Å². The van der Waals surface area contributed by atoms with Crippen LogP contribution in [-0.4, -0.2) is 53.0 Å². The maximum Gasteiger partial charge on any atom is 0.410 e. The second kappa shape index (κ2) is 6.86. The number of nitrogens with one attached hydrogen (secondary N) is 1. The monoisotopic (exact) mass is 368 g/mol. The topological polar surface area (TPSA) is 76.6 Å². The first kappa shape index (κ1) is 18.0. The van der Waals surface area contributed by atoms with Crippen LogP contribution < -0.4 is 10.1 Å². The molecule has 0 aromatic carbocycles. The lowest BCUT2D eigenvalue weighted by Gasteiger charge is -2.25. The van der Waals surface area contributed by atoms with Gasteiger partial charge in [-0.1, -0.05) is 11.6 Å². The first-order chi connectivity index (χ1) is 11.7. The maximum absolute atomic E-state index is 12.2. The molecule has 8 heteroatoms. The number of rotatable bonds is 3. The molecule has 1 aliphatic heterocycles. The van der Waals surface area contributed by atoms with E-state index in [-0.39, 0.29) is 6.09 Å². The van der Waals surface area contributed by atoms with Gasteiger partial charge in [0.25, 0.3) is 0 Å². The minimum atomic E-state index is -0.456. The Morgan fingerprint density at radius 3 is 2.48 bits per heavy atom. The largest absolute Gasteiger partial charge is 0.493 e. The van der Waals surface area contributed by atoms with Crippen molar-refractivity contribution in [1.82, 2.24) is 15.1 Å². The molecular weight excluding hydrogens is 344 g/mol. The van der Waals surface area contributed by atoms with Gasteiger partial charge in [-0.25, -0.2) is 4.79 Å². The zero-order chi connectivity index (χ0) is 18.2. The molecular formula is C17H25ClN4O3. The Balaban J connectivity index is 1.56. The molecule has 2 heterocycles. The highest BCUT2D eigenvalue weighted by Crippen LogP contribution is 2.40. The number of hydrogen-bond donors (Lipinski definition) is 1. The van der Waals surface area contributed by atoms with E-state index < -0.39 is 5.60 Å². The number of aromatic nitrogens is 2. The van der Waals surface area contributed by atoms with Crippen LogP contribution in [0.2, 0.25) is 5.15 Å². The summed E-state index contributed by atoms with van der Waals surface area (Å²) in [5.74, 6) is 2.17. The third-order valence-electron chi connectivity index (χ3n) is 4.69. The number of carbonyl (C=O) groups is 1. The smallest absolute Gasteiger partial charge is 0.410 e. The van der Waals surface area contributed by atoms with Crippen molar-refractivity contribution in [2.45, 2.75) is 45.3 Å². The fourth-order valence-electron chi connectivity index (χ4n) is 3.69. The minimum absolute atomic E-state index is 0.211. The molecule has 25 heavy (non-hydrogen) atoms. The lowest BCUT2D eigenvalue weighted by Crippen LogP contribution is -2.36. The van der Waals surface area contributed by atoms with Gasteiger partial charge in [-0.15, -0.1) is 10.2 Å². The molecule has 3 atom stereocenters. The van der Waals surface area contributed by atoms with Gasteiger partial charge in [-0.05, 0) is 45.4 Å². The summed E-state index contributed by atoms with van der Waals surface area (Å²) in [6, 6.07) is 1.94. The number of ether oxygens (including phenoxy) is 2. The van der Waals surface area contributed by atoms with Crippen LogP contribution in [0.25, 0.3) is 0 Å². The molecule has 0 spiro atoms. The van der Waals surface area contributed by atoms with Crippen LogP contribution in [0.15, 0.2) is 6.07 Å². The van der Waals surface area contributed by atoms with Gasteiger partial charge in [-0.3, -0.25) is 0 Å². The Morgan fingerprint density at radius 2 is 1.92 bits per heavy atom. The van der Waals surface area contributed by atoms with E-state index >= 15 is 0 Å². The minimum Gasteiger partial charge on any atom is -0.493 e. The first-order valence-electron chi connectivity index (χ1n) is 8.57. The molecule has 0 radical (unpaired) electrons. The van der Waals surface area contributed by atoms with E-state index in [1.54, 1.807) is 13.2 Å². The standard InChI is InChI=1S/C17H25ClN4O3/c1-17(2,3)25-16(23)22-8-10-5-12(6-11(10)9-22)19-15-13(24-4)7-14(18)20-21-15/h7,10-12H,5-6,8-9H2,1-4H3,(H,19,21)/t10-,11?,12+/m1/s1. The predicted octanol–water partition coefficient (Wildman–Crippen LogP) is 3.20. The molecule has 1 aliphatic carbocycles. The number of likely N-dealkylation sites (tertiary alicyclic amines) is 1. The van der Waals surface area contributed by atoms with Crippen molar-refractivity contribution >= 4 is 23.5 Å². The van der Waals surface area contributed by atoms with Crippen LogP contribution in [-0.2, 0) is 4.74 Å². The number of halogens is 1. The first-order valence-corrected chi connectivity index (χ1v) is 8.94. The Labute approximate surface area is 153 Å². The van der Waals surface area contributed by atoms with Crippen LogP contribution in [0, 0.1) is 11.8 Å². The van der Waals surface area contributed by atoms with Gasteiger partial charge >= 0.3 is 6.09 Å². The Kier molecular flexibility index (Phi) is 4.95. The molecule has 1 saturated carbocycles. The predicted molar refractivity (Wildman–Crippen MR) is 95.0 cm³/mol. The van der Waals surface area contributed by atoms with Crippen molar-refractivity contribution in [1.29, 1.82) is 0 Å². The van der Waals surface area contributed by atoms with Gasteiger partial charge in [0.05, 0.1) is 7.11 Å². The number of fused-ring (bicyclic) bond motifs is 1. The average molecular weight is 369 g/mol. The molecule has 2 fully saturated rings. The van der Waals surface area contributed by atoms with E-state index in [1.807, 2.05) is 25.7 Å². The molecule has 1 aromatic heterocycles. The van der Waals surface area contributed by atoms with E-state index in [9.17, 15) is 4.79 Å². The van der Waals surface area contributed by atoms with Gasteiger partial charge < -0.3 is 19.7 Å². The van der Waals surface area contributed by atoms with Crippen molar-refractivity contribution < 1.29 is 14.3 Å². The Morgan fingerprint density at radius 1 is 1.28 bits per heavy atom. The summed E-state index contributed by atoms with van der Waals surface area (Å²) in [6.07, 6.45) is 1.76. The summed E-state index contributed by atoms with van der Waals surface area (Å²) in [4.78, 5) is 14.1. The second-order valence-corrected chi connectivity index (χ2v) is 8.19. The summed E-state index contributed by atoms with van der Waals surface area (Å²) >= 11 is 5.85. The number of methoxy groups -OCH3 is 1. The fourth-order valence-corrected chi connectivity index (χ4v) is 3.83. The lowest BCUT2D eigenvalue weighted by atomic mass is 10.0. The molecule has 2 aliphatic rings. The normalized spacial score (nSPS) is 25.6. The molecule has 0 bridgehead atoms. The molecule has 3 rings (SSSR count). The van der Waals surface area contributed by atoms with Crippen LogP contribution in [0.5, 0.6) is 5.75 Å². The SMILES string of the molecule is COc1cc(Cl)nnc1N[C@@H]1CC2CN(C(=O)OC(C)(C)C)C[C@H]2C1. The van der Waals surface area contributed by atoms with Crippen LogP contribution in [0.4, 0.5) is 10.6 Å². The highest BCUT2D eigenvalue weighted by atomic mass is 35.5. The zero-order valence-corrected chi connectivity index (χ0v) is 15.8. The molecule has 1 aromatic rings. The Hall–Kier alpha value is -1.76. The van der Waals surface area contributed by atoms with Crippen molar-refractivity contribution in [3.8, 4) is 5.75 Å². The molecule has 1 saturated heterocycles. The number of hydrogen-bond acceptors (Lipinski definition) is 6. The quantitative estimate of drug-likeness (QED) is 0.882. The highest BCUT2D eigenvalue weighted by Gasteiger charge is 2.43. The summed E-state index contributed by atoms with van der Waals surface area (Å²) in [6.45, 7) is 7.18. The van der Waals surface area contributed by atoms with Crippen molar-refractivity contribution in [3.63, 3.8) is 0 Å². The maximum atomic E-state index is 12.2. The third kappa shape index (κ3) is 4.26. The second-order valence-electron chi connectivity index (χ2n) is 7.80. The summed E-state index contributed by atoms with van der Waals surface area (Å²) in [7, 11) is 1.58. The van der Waals surface area contributed by atoms with E-state index in [4.69, 9.17) is 21.1 Å². The van der Waals surface area contributed by atoms with E-state index in [0.29, 0.717) is 34.6 Å². The summed E-state index contributed by atoms with van der Waals surface area (Å²) in [5, 5.41) is 11.7. The number of anilines is 1. The fraction of sp³-hybridized carbons (Fsp3) is 0.706. The van der Waals surface area contributed by atoms with Gasteiger partial charge in [-0.2, -0.15) is 0 Å². The molecule has 1 unspecified atom stereocenters. The Bertz CT molecular complexity index is 635. The van der Waals surface area contributed by atoms with Gasteiger partial charge in [0.2, 0.25) is 0 Å².